The average molecular weight is 253 g/mol. The molecule has 1 amide bonds. The van der Waals surface area contributed by atoms with Gasteiger partial charge in [0.25, 0.3) is 0 Å². The molecule has 0 heterocycles. The molecule has 1 atom stereocenters. The number of aliphatic carboxylic acids is 1. The van der Waals surface area contributed by atoms with Gasteiger partial charge < -0.3 is 10.4 Å². The molecule has 0 bridgehead atoms. The zero-order chi connectivity index (χ0) is 12.7. The van der Waals surface area contributed by atoms with E-state index in [2.05, 4.69) is 5.32 Å². The van der Waals surface area contributed by atoms with Crippen molar-refractivity contribution >= 4 is 23.6 Å². The van der Waals surface area contributed by atoms with Gasteiger partial charge in [0.2, 0.25) is 5.91 Å². The highest BCUT2D eigenvalue weighted by Gasteiger charge is 2.13. The second-order valence-electron chi connectivity index (χ2n) is 3.54. The van der Waals surface area contributed by atoms with E-state index in [4.69, 9.17) is 5.11 Å². The number of carbonyl (C=O) groups is 2. The zero-order valence-electron chi connectivity index (χ0n) is 9.55. The molecule has 0 aliphatic rings. The van der Waals surface area contributed by atoms with Crippen LogP contribution in [0.3, 0.4) is 0 Å². The maximum Gasteiger partial charge on any atom is 0.325 e. The lowest BCUT2D eigenvalue weighted by Gasteiger charge is -2.08. The van der Waals surface area contributed by atoms with Crippen LogP contribution in [-0.2, 0) is 9.59 Å². The Morgan fingerprint density at radius 2 is 2.00 bits per heavy atom. The number of nitrogens with one attached hydrogen (secondary N) is 1. The van der Waals surface area contributed by atoms with E-state index >= 15 is 0 Å². The first-order valence-electron chi connectivity index (χ1n) is 5.29. The minimum absolute atomic E-state index is 0.233. The Hall–Kier alpha value is -1.49. The van der Waals surface area contributed by atoms with E-state index < -0.39 is 12.0 Å². The Balaban J connectivity index is 2.23. The number of hydrogen-bond donors (Lipinski definition) is 2. The Bertz CT molecular complexity index is 381. The third-order valence-corrected chi connectivity index (χ3v) is 3.10. The molecular weight excluding hydrogens is 238 g/mol. The molecule has 17 heavy (non-hydrogen) atoms. The molecule has 0 radical (unpaired) electrons. The van der Waals surface area contributed by atoms with Crippen molar-refractivity contribution in [2.45, 2.75) is 24.3 Å². The van der Waals surface area contributed by atoms with Crippen molar-refractivity contribution in [1.82, 2.24) is 5.32 Å². The van der Waals surface area contributed by atoms with E-state index in [1.54, 1.807) is 11.8 Å². The number of rotatable bonds is 6. The Morgan fingerprint density at radius 3 is 2.59 bits per heavy atom. The van der Waals surface area contributed by atoms with Crippen LogP contribution in [0.1, 0.15) is 13.3 Å². The maximum absolute atomic E-state index is 11.4. The fourth-order valence-electron chi connectivity index (χ4n) is 1.15. The highest BCUT2D eigenvalue weighted by Crippen LogP contribution is 2.17. The van der Waals surface area contributed by atoms with Gasteiger partial charge in [-0.05, 0) is 19.1 Å². The molecule has 0 aliphatic heterocycles. The summed E-state index contributed by atoms with van der Waals surface area (Å²) in [5.74, 6) is -0.611. The van der Waals surface area contributed by atoms with E-state index in [9.17, 15) is 9.59 Å². The first kappa shape index (κ1) is 13.6. The van der Waals surface area contributed by atoms with E-state index in [1.165, 1.54) is 6.92 Å². The third-order valence-electron chi connectivity index (χ3n) is 2.09. The van der Waals surface area contributed by atoms with Crippen molar-refractivity contribution in [1.29, 1.82) is 0 Å². The molecule has 0 unspecified atom stereocenters. The van der Waals surface area contributed by atoms with Crippen LogP contribution in [0.25, 0.3) is 0 Å². The molecule has 1 aromatic rings. The quantitative estimate of drug-likeness (QED) is 0.758. The number of thioether (sulfide) groups is 1. The summed E-state index contributed by atoms with van der Waals surface area (Å²) in [4.78, 5) is 23.0. The first-order valence-corrected chi connectivity index (χ1v) is 6.28. The van der Waals surface area contributed by atoms with Crippen LogP contribution >= 0.6 is 11.8 Å². The SMILES string of the molecule is C[C@H](NC(=O)CCSc1ccccc1)C(=O)O. The second-order valence-corrected chi connectivity index (χ2v) is 4.71. The summed E-state index contributed by atoms with van der Waals surface area (Å²) in [6, 6.07) is 8.93. The molecule has 1 rings (SSSR count). The highest BCUT2D eigenvalue weighted by atomic mass is 32.2. The fraction of sp³-hybridized carbons (Fsp3) is 0.333. The first-order chi connectivity index (χ1) is 8.09. The van der Waals surface area contributed by atoms with Crippen molar-refractivity contribution in [2.75, 3.05) is 5.75 Å². The molecule has 5 heteroatoms. The van der Waals surface area contributed by atoms with Crippen LogP contribution in [0.15, 0.2) is 35.2 Å². The minimum atomic E-state index is -1.02. The van der Waals surface area contributed by atoms with Gasteiger partial charge >= 0.3 is 5.97 Å². The van der Waals surface area contributed by atoms with Gasteiger partial charge in [-0.2, -0.15) is 0 Å². The normalized spacial score (nSPS) is 11.8. The van der Waals surface area contributed by atoms with Crippen LogP contribution in [0, 0.1) is 0 Å². The van der Waals surface area contributed by atoms with Gasteiger partial charge in [-0.3, -0.25) is 9.59 Å². The number of benzene rings is 1. The summed E-state index contributed by atoms with van der Waals surface area (Å²) in [6.07, 6.45) is 0.317. The van der Waals surface area contributed by atoms with Crippen LogP contribution in [0.4, 0.5) is 0 Å². The van der Waals surface area contributed by atoms with Gasteiger partial charge in [0, 0.05) is 17.1 Å². The standard InChI is InChI=1S/C12H15NO3S/c1-9(12(15)16)13-11(14)7-8-17-10-5-3-2-4-6-10/h2-6,9H,7-8H2,1H3,(H,13,14)(H,15,16)/t9-/m0/s1. The Labute approximate surface area is 104 Å². The van der Waals surface area contributed by atoms with Crippen molar-refractivity contribution in [2.24, 2.45) is 0 Å². The Morgan fingerprint density at radius 1 is 1.35 bits per heavy atom. The smallest absolute Gasteiger partial charge is 0.325 e. The highest BCUT2D eigenvalue weighted by molar-refractivity contribution is 7.99. The monoisotopic (exact) mass is 253 g/mol. The predicted molar refractivity (Wildman–Crippen MR) is 67.0 cm³/mol. The zero-order valence-corrected chi connectivity index (χ0v) is 10.4. The van der Waals surface area contributed by atoms with Crippen molar-refractivity contribution in [3.63, 3.8) is 0 Å². The molecule has 2 N–H and O–H groups in total. The maximum atomic E-state index is 11.4. The number of hydrogen-bond acceptors (Lipinski definition) is 3. The average Bonchev–Trinajstić information content (AvgIpc) is 2.30. The van der Waals surface area contributed by atoms with Gasteiger partial charge in [-0.1, -0.05) is 18.2 Å². The van der Waals surface area contributed by atoms with Crippen molar-refractivity contribution < 1.29 is 14.7 Å². The number of amides is 1. The van der Waals surface area contributed by atoms with Gasteiger partial charge in [0.05, 0.1) is 0 Å². The van der Waals surface area contributed by atoms with Crippen LogP contribution < -0.4 is 5.32 Å². The molecule has 1 aromatic carbocycles. The molecule has 0 aromatic heterocycles. The van der Waals surface area contributed by atoms with Crippen molar-refractivity contribution in [3.8, 4) is 0 Å². The summed E-state index contributed by atoms with van der Waals surface area (Å²) in [5.41, 5.74) is 0. The molecule has 0 aliphatic carbocycles. The fourth-order valence-corrected chi connectivity index (χ4v) is 2.03. The number of carboxylic acids is 1. The second kappa shape index (κ2) is 6.96. The molecule has 4 nitrogen and oxygen atoms in total. The summed E-state index contributed by atoms with van der Waals surface area (Å²) < 4.78 is 0. The molecule has 0 fully saturated rings. The van der Waals surface area contributed by atoms with E-state index in [0.717, 1.165) is 4.90 Å². The van der Waals surface area contributed by atoms with Crippen LogP contribution in [0.5, 0.6) is 0 Å². The molecule has 92 valence electrons. The van der Waals surface area contributed by atoms with Gasteiger partial charge in [-0.25, -0.2) is 0 Å². The van der Waals surface area contributed by atoms with Crippen molar-refractivity contribution in [3.05, 3.63) is 30.3 Å². The number of carbonyl (C=O) groups excluding carboxylic acids is 1. The predicted octanol–water partition coefficient (Wildman–Crippen LogP) is 1.76. The lowest BCUT2D eigenvalue weighted by molar-refractivity contribution is -0.141. The van der Waals surface area contributed by atoms with E-state index in [-0.39, 0.29) is 5.91 Å². The lowest BCUT2D eigenvalue weighted by atomic mass is 10.3. The van der Waals surface area contributed by atoms with Gasteiger partial charge in [0.15, 0.2) is 0 Å². The lowest BCUT2D eigenvalue weighted by Crippen LogP contribution is -2.38. The van der Waals surface area contributed by atoms with Gasteiger partial charge in [-0.15, -0.1) is 11.8 Å². The summed E-state index contributed by atoms with van der Waals surface area (Å²) in [5, 5.41) is 11.0. The molecule has 0 saturated heterocycles. The summed E-state index contributed by atoms with van der Waals surface area (Å²) in [6.45, 7) is 1.45. The Kier molecular flexibility index (Phi) is 5.56. The summed E-state index contributed by atoms with van der Waals surface area (Å²) >= 11 is 1.58. The largest absolute Gasteiger partial charge is 0.480 e. The molecule has 0 spiro atoms. The number of carboxylic acid groups (broad SMARTS) is 1. The topological polar surface area (TPSA) is 66.4 Å². The van der Waals surface area contributed by atoms with Crippen LogP contribution in [-0.4, -0.2) is 28.8 Å². The summed E-state index contributed by atoms with van der Waals surface area (Å²) in [7, 11) is 0. The van der Waals surface area contributed by atoms with Gasteiger partial charge in [0.1, 0.15) is 6.04 Å². The molecule has 0 saturated carbocycles. The molecular formula is C12H15NO3S. The van der Waals surface area contributed by atoms with E-state index in [1.807, 2.05) is 30.3 Å². The third kappa shape index (κ3) is 5.40. The van der Waals surface area contributed by atoms with E-state index in [0.29, 0.717) is 12.2 Å². The van der Waals surface area contributed by atoms with Crippen LogP contribution in [0.2, 0.25) is 0 Å². The minimum Gasteiger partial charge on any atom is -0.480 e.